The van der Waals surface area contributed by atoms with Crippen molar-refractivity contribution >= 4 is 23.2 Å². The fourth-order valence-electron chi connectivity index (χ4n) is 1.47. The zero-order chi connectivity index (χ0) is 16.7. The molecule has 3 nitrogen and oxygen atoms in total. The van der Waals surface area contributed by atoms with E-state index in [0.29, 0.717) is 11.5 Å². The highest BCUT2D eigenvalue weighted by Crippen LogP contribution is 2.32. The molecule has 0 saturated heterocycles. The third kappa shape index (κ3) is 5.44. The minimum absolute atomic E-state index is 0. The fraction of sp³-hybridized carbons (Fsp3) is 0.250. The van der Waals surface area contributed by atoms with E-state index in [4.69, 9.17) is 37.4 Å². The molecule has 0 heterocycles. The number of halogens is 4. The quantitative estimate of drug-likeness (QED) is 0.705. The lowest BCUT2D eigenvalue weighted by atomic mass is 10.3. The van der Waals surface area contributed by atoms with Crippen LogP contribution in [0.25, 0.3) is 0 Å². The van der Waals surface area contributed by atoms with Gasteiger partial charge in [-0.2, -0.15) is 0 Å². The molecule has 128 valence electrons. The van der Waals surface area contributed by atoms with Crippen LogP contribution in [0.1, 0.15) is 7.43 Å². The van der Waals surface area contributed by atoms with E-state index in [1.165, 1.54) is 33.5 Å². The van der Waals surface area contributed by atoms with Crippen LogP contribution < -0.4 is 14.2 Å². The molecule has 0 radical (unpaired) electrons. The molecule has 0 atom stereocenters. The van der Waals surface area contributed by atoms with Gasteiger partial charge in [-0.1, -0.05) is 36.7 Å². The van der Waals surface area contributed by atoms with E-state index in [1.54, 1.807) is 18.2 Å². The molecule has 0 spiro atoms. The molecule has 0 amide bonds. The van der Waals surface area contributed by atoms with Crippen LogP contribution >= 0.6 is 23.2 Å². The smallest absolute Gasteiger partial charge is 0.187 e. The maximum absolute atomic E-state index is 13.1. The van der Waals surface area contributed by atoms with Crippen molar-refractivity contribution in [1.29, 1.82) is 0 Å². The van der Waals surface area contributed by atoms with Crippen molar-refractivity contribution in [1.82, 2.24) is 0 Å². The second-order valence-corrected chi connectivity index (χ2v) is 4.61. The fourth-order valence-corrected chi connectivity index (χ4v) is 1.91. The van der Waals surface area contributed by atoms with E-state index in [2.05, 4.69) is 0 Å². The highest BCUT2D eigenvalue weighted by molar-refractivity contribution is 6.32. The van der Waals surface area contributed by atoms with Gasteiger partial charge < -0.3 is 14.2 Å². The first-order valence-electron chi connectivity index (χ1n) is 6.00. The number of methoxy groups -OCH3 is 3. The zero-order valence-corrected chi connectivity index (χ0v) is 13.6. The van der Waals surface area contributed by atoms with Gasteiger partial charge >= 0.3 is 0 Å². The third-order valence-electron chi connectivity index (χ3n) is 2.59. The summed E-state index contributed by atoms with van der Waals surface area (Å²) in [7, 11) is 4.25. The Morgan fingerprint density at radius 2 is 1.22 bits per heavy atom. The van der Waals surface area contributed by atoms with Crippen LogP contribution in [0, 0.1) is 11.6 Å². The Balaban J connectivity index is 0.000000409. The summed E-state index contributed by atoms with van der Waals surface area (Å²) in [6, 6.07) is 7.43. The molecular formula is C16H18Cl2F2O3. The lowest BCUT2D eigenvalue weighted by molar-refractivity contribution is 0.377. The van der Waals surface area contributed by atoms with Crippen molar-refractivity contribution in [3.8, 4) is 17.2 Å². The van der Waals surface area contributed by atoms with Crippen LogP contribution in [0.15, 0.2) is 30.3 Å². The Morgan fingerprint density at radius 1 is 0.739 bits per heavy atom. The van der Waals surface area contributed by atoms with Gasteiger partial charge in [-0.25, -0.2) is 8.78 Å². The minimum atomic E-state index is -0.599. The number of hydrogen-bond acceptors (Lipinski definition) is 3. The van der Waals surface area contributed by atoms with Crippen molar-refractivity contribution in [2.24, 2.45) is 0 Å². The van der Waals surface area contributed by atoms with E-state index < -0.39 is 11.6 Å². The predicted octanol–water partition coefficient (Wildman–Crippen LogP) is 5.62. The Morgan fingerprint density at radius 3 is 1.70 bits per heavy atom. The molecular weight excluding hydrogens is 349 g/mol. The first kappa shape index (κ1) is 21.3. The van der Waals surface area contributed by atoms with E-state index in [9.17, 15) is 8.78 Å². The van der Waals surface area contributed by atoms with Gasteiger partial charge in [-0.15, -0.1) is 0 Å². The molecule has 0 aliphatic carbocycles. The summed E-state index contributed by atoms with van der Waals surface area (Å²) in [5, 5.41) is -0.0261. The van der Waals surface area contributed by atoms with Crippen LogP contribution in [0.5, 0.6) is 17.2 Å². The molecule has 2 rings (SSSR count). The van der Waals surface area contributed by atoms with Crippen molar-refractivity contribution < 1.29 is 23.0 Å². The minimum Gasteiger partial charge on any atom is -0.495 e. The molecule has 2 aromatic rings. The molecule has 0 saturated carbocycles. The second kappa shape index (κ2) is 10.1. The van der Waals surface area contributed by atoms with Gasteiger partial charge in [0.2, 0.25) is 0 Å². The average molecular weight is 367 g/mol. The lowest BCUT2D eigenvalue weighted by Gasteiger charge is -2.06. The summed E-state index contributed by atoms with van der Waals surface area (Å²) in [6.07, 6.45) is 0. The van der Waals surface area contributed by atoms with Crippen molar-refractivity contribution in [3.63, 3.8) is 0 Å². The predicted molar refractivity (Wildman–Crippen MR) is 89.2 cm³/mol. The van der Waals surface area contributed by atoms with E-state index in [1.807, 2.05) is 0 Å². The highest BCUT2D eigenvalue weighted by atomic mass is 35.5. The maximum Gasteiger partial charge on any atom is 0.187 e. The molecule has 0 aliphatic rings. The molecule has 23 heavy (non-hydrogen) atoms. The maximum atomic E-state index is 13.1. The van der Waals surface area contributed by atoms with Crippen molar-refractivity contribution in [2.45, 2.75) is 7.43 Å². The van der Waals surface area contributed by atoms with Gasteiger partial charge in [0.15, 0.2) is 11.6 Å². The van der Waals surface area contributed by atoms with Crippen molar-refractivity contribution in [3.05, 3.63) is 52.0 Å². The molecule has 0 bridgehead atoms. The topological polar surface area (TPSA) is 27.7 Å². The molecule has 0 aromatic heterocycles. The Hall–Kier alpha value is -1.72. The third-order valence-corrected chi connectivity index (χ3v) is 3.31. The molecule has 2 aromatic carbocycles. The number of benzene rings is 2. The summed E-state index contributed by atoms with van der Waals surface area (Å²) < 4.78 is 39.9. The van der Waals surface area contributed by atoms with Gasteiger partial charge in [-0.05, 0) is 24.3 Å². The Kier molecular flexibility index (Phi) is 9.37. The van der Waals surface area contributed by atoms with Gasteiger partial charge in [0.1, 0.15) is 27.4 Å². The van der Waals surface area contributed by atoms with Crippen LogP contribution in [-0.2, 0) is 0 Å². The molecule has 7 heteroatoms. The van der Waals surface area contributed by atoms with Gasteiger partial charge in [-0.3, -0.25) is 0 Å². The molecule has 0 unspecified atom stereocenters. The normalized spacial score (nSPS) is 9.17. The second-order valence-electron chi connectivity index (χ2n) is 3.85. The van der Waals surface area contributed by atoms with Gasteiger partial charge in [0.25, 0.3) is 0 Å². The van der Waals surface area contributed by atoms with Crippen LogP contribution in [-0.4, -0.2) is 21.3 Å². The van der Waals surface area contributed by atoms with Crippen LogP contribution in [0.4, 0.5) is 8.78 Å². The monoisotopic (exact) mass is 366 g/mol. The molecule has 0 aliphatic heterocycles. The number of rotatable bonds is 3. The van der Waals surface area contributed by atoms with E-state index in [-0.39, 0.29) is 23.2 Å². The summed E-state index contributed by atoms with van der Waals surface area (Å²) in [4.78, 5) is 0. The SMILES string of the molecule is C.COc1ccc(OC)c(Cl)c1F.COc1cccc(F)c1Cl. The van der Waals surface area contributed by atoms with Gasteiger partial charge in [0, 0.05) is 0 Å². The summed E-state index contributed by atoms with van der Waals surface area (Å²) >= 11 is 11.1. The number of hydrogen-bond donors (Lipinski definition) is 0. The van der Waals surface area contributed by atoms with Crippen LogP contribution in [0.2, 0.25) is 10.0 Å². The van der Waals surface area contributed by atoms with E-state index in [0.717, 1.165) is 0 Å². The Bertz CT molecular complexity index is 608. The average Bonchev–Trinajstić information content (AvgIpc) is 2.53. The van der Waals surface area contributed by atoms with Gasteiger partial charge in [0.05, 0.1) is 21.3 Å². The zero-order valence-electron chi connectivity index (χ0n) is 12.1. The van der Waals surface area contributed by atoms with Crippen LogP contribution in [0.3, 0.4) is 0 Å². The first-order valence-corrected chi connectivity index (χ1v) is 6.75. The standard InChI is InChI=1S/C8H8ClFO2.C7H6ClFO.CH4/c1-11-5-3-4-6(12-2)8(10)7(5)9;1-10-6-4-2-3-5(9)7(6)8;/h3-4H,1-2H3;2-4H,1H3;1H4. The Labute approximate surface area is 144 Å². The van der Waals surface area contributed by atoms with Crippen molar-refractivity contribution in [2.75, 3.05) is 21.3 Å². The number of ether oxygens (including phenoxy) is 3. The molecule has 0 N–H and O–H groups in total. The first-order chi connectivity index (χ1) is 10.5. The molecule has 0 fully saturated rings. The lowest BCUT2D eigenvalue weighted by Crippen LogP contribution is -1.91. The summed E-state index contributed by atoms with van der Waals surface area (Å²) in [6.45, 7) is 0. The largest absolute Gasteiger partial charge is 0.495 e. The summed E-state index contributed by atoms with van der Waals surface area (Å²) in [5.74, 6) is -0.281. The summed E-state index contributed by atoms with van der Waals surface area (Å²) in [5.41, 5.74) is 0. The van der Waals surface area contributed by atoms with E-state index >= 15 is 0 Å². The highest BCUT2D eigenvalue weighted by Gasteiger charge is 2.11.